The van der Waals surface area contributed by atoms with Crippen LogP contribution in [-0.4, -0.2) is 25.2 Å². The fourth-order valence-corrected chi connectivity index (χ4v) is 2.86. The summed E-state index contributed by atoms with van der Waals surface area (Å²) in [5.74, 6) is 1.49. The van der Waals surface area contributed by atoms with Crippen molar-refractivity contribution in [2.75, 3.05) is 14.2 Å². The molecule has 4 nitrogen and oxygen atoms in total. The zero-order valence-corrected chi connectivity index (χ0v) is 13.0. The summed E-state index contributed by atoms with van der Waals surface area (Å²) >= 11 is 1.63. The first-order valence-electron chi connectivity index (χ1n) is 6.53. The quantitative estimate of drug-likeness (QED) is 0.887. The maximum Gasteiger partial charge on any atom is 0.165 e. The lowest BCUT2D eigenvalue weighted by Crippen LogP contribution is -2.29. The fraction of sp³-hybridized carbons (Fsp3) is 0.400. The van der Waals surface area contributed by atoms with E-state index in [9.17, 15) is 0 Å². The summed E-state index contributed by atoms with van der Waals surface area (Å²) in [4.78, 5) is 4.44. The van der Waals surface area contributed by atoms with Gasteiger partial charge in [0, 0.05) is 23.2 Å². The molecule has 0 fully saturated rings. The predicted octanol–water partition coefficient (Wildman–Crippen LogP) is 3.25. The molecule has 1 aromatic heterocycles. The van der Waals surface area contributed by atoms with E-state index in [0.29, 0.717) is 6.04 Å². The second-order valence-corrected chi connectivity index (χ2v) is 5.63. The molecule has 1 atom stereocenters. The number of para-hydroxylation sites is 1. The van der Waals surface area contributed by atoms with Gasteiger partial charge in [-0.05, 0) is 19.9 Å². The lowest BCUT2D eigenvalue weighted by atomic mass is 10.0. The summed E-state index contributed by atoms with van der Waals surface area (Å²) in [6.07, 6.45) is 1.82. The second kappa shape index (κ2) is 6.72. The summed E-state index contributed by atoms with van der Waals surface area (Å²) in [6, 6.07) is 6.25. The van der Waals surface area contributed by atoms with E-state index < -0.39 is 0 Å². The highest BCUT2D eigenvalue weighted by Gasteiger charge is 2.23. The van der Waals surface area contributed by atoms with Gasteiger partial charge in [0.05, 0.1) is 20.3 Å². The molecule has 2 rings (SSSR count). The average Bonchev–Trinajstić information content (AvgIpc) is 2.97. The topological polar surface area (TPSA) is 43.4 Å². The number of hydrogen-bond acceptors (Lipinski definition) is 5. The number of thiazole rings is 1. The molecule has 108 valence electrons. The number of nitrogens with one attached hydrogen (secondary N) is 1. The summed E-state index contributed by atoms with van der Waals surface area (Å²) in [7, 11) is 3.31. The maximum atomic E-state index is 5.54. The van der Waals surface area contributed by atoms with Crippen molar-refractivity contribution in [2.24, 2.45) is 0 Å². The van der Waals surface area contributed by atoms with Crippen molar-refractivity contribution in [1.29, 1.82) is 0 Å². The second-order valence-electron chi connectivity index (χ2n) is 4.71. The van der Waals surface area contributed by atoms with Crippen LogP contribution < -0.4 is 14.8 Å². The minimum atomic E-state index is 0.0000463. The number of nitrogens with zero attached hydrogens (tertiary/aromatic N) is 1. The molecule has 1 heterocycles. The van der Waals surface area contributed by atoms with E-state index in [0.717, 1.165) is 22.1 Å². The molecular weight excluding hydrogens is 272 g/mol. The molecule has 0 saturated heterocycles. The monoisotopic (exact) mass is 292 g/mol. The Balaban J connectivity index is 2.48. The Labute approximate surface area is 123 Å². The normalized spacial score (nSPS) is 12.4. The molecule has 0 spiro atoms. The van der Waals surface area contributed by atoms with Crippen LogP contribution in [0.15, 0.2) is 29.8 Å². The number of ether oxygens (including phenoxy) is 2. The molecular formula is C15H20N2O2S. The molecule has 20 heavy (non-hydrogen) atoms. The minimum Gasteiger partial charge on any atom is -0.493 e. The standard InChI is InChI=1S/C15H20N2O2S/c1-10(2)17-13(15-16-8-9-20-15)11-6-5-7-12(18-3)14(11)19-4/h5-10,13,17H,1-4H3. The zero-order valence-electron chi connectivity index (χ0n) is 12.2. The van der Waals surface area contributed by atoms with Crippen molar-refractivity contribution in [3.63, 3.8) is 0 Å². The molecule has 0 amide bonds. The Bertz CT molecular complexity index is 541. The summed E-state index contributed by atoms with van der Waals surface area (Å²) in [6.45, 7) is 4.24. The number of hydrogen-bond donors (Lipinski definition) is 1. The van der Waals surface area contributed by atoms with Gasteiger partial charge in [-0.25, -0.2) is 4.98 Å². The molecule has 2 aromatic rings. The van der Waals surface area contributed by atoms with Crippen molar-refractivity contribution in [3.05, 3.63) is 40.3 Å². The number of methoxy groups -OCH3 is 2. The first kappa shape index (κ1) is 14.8. The van der Waals surface area contributed by atoms with Gasteiger partial charge in [0.25, 0.3) is 0 Å². The zero-order chi connectivity index (χ0) is 14.5. The van der Waals surface area contributed by atoms with Gasteiger partial charge in [0.1, 0.15) is 5.01 Å². The highest BCUT2D eigenvalue weighted by molar-refractivity contribution is 7.09. The highest BCUT2D eigenvalue weighted by atomic mass is 32.1. The van der Waals surface area contributed by atoms with Crippen LogP contribution in [0.25, 0.3) is 0 Å². The van der Waals surface area contributed by atoms with E-state index in [1.54, 1.807) is 25.6 Å². The first-order valence-corrected chi connectivity index (χ1v) is 7.41. The first-order chi connectivity index (χ1) is 9.67. The van der Waals surface area contributed by atoms with E-state index in [1.807, 2.05) is 29.8 Å². The van der Waals surface area contributed by atoms with E-state index >= 15 is 0 Å². The van der Waals surface area contributed by atoms with Crippen molar-refractivity contribution >= 4 is 11.3 Å². The predicted molar refractivity (Wildman–Crippen MR) is 81.8 cm³/mol. The van der Waals surface area contributed by atoms with Gasteiger partial charge in [0.15, 0.2) is 11.5 Å². The lowest BCUT2D eigenvalue weighted by Gasteiger charge is -2.22. The fourth-order valence-electron chi connectivity index (χ4n) is 2.14. The van der Waals surface area contributed by atoms with E-state index in [4.69, 9.17) is 9.47 Å². The van der Waals surface area contributed by atoms with Gasteiger partial charge in [-0.3, -0.25) is 0 Å². The van der Waals surface area contributed by atoms with Gasteiger partial charge in [0.2, 0.25) is 0 Å². The SMILES string of the molecule is COc1cccc(C(NC(C)C)c2nccs2)c1OC. The Kier molecular flexibility index (Phi) is 4.98. The maximum absolute atomic E-state index is 5.54. The molecule has 1 aromatic carbocycles. The number of aromatic nitrogens is 1. The number of benzene rings is 1. The average molecular weight is 292 g/mol. The van der Waals surface area contributed by atoms with Gasteiger partial charge >= 0.3 is 0 Å². The number of rotatable bonds is 6. The van der Waals surface area contributed by atoms with Crippen LogP contribution in [0.5, 0.6) is 11.5 Å². The lowest BCUT2D eigenvalue weighted by molar-refractivity contribution is 0.347. The molecule has 5 heteroatoms. The van der Waals surface area contributed by atoms with E-state index in [1.165, 1.54) is 0 Å². The van der Waals surface area contributed by atoms with Gasteiger partial charge < -0.3 is 14.8 Å². The molecule has 0 aliphatic heterocycles. The van der Waals surface area contributed by atoms with Crippen LogP contribution in [0.1, 0.15) is 30.5 Å². The molecule has 0 aliphatic rings. The van der Waals surface area contributed by atoms with Crippen LogP contribution in [0.3, 0.4) is 0 Å². The smallest absolute Gasteiger partial charge is 0.165 e. The van der Waals surface area contributed by atoms with Crippen LogP contribution in [0.4, 0.5) is 0 Å². The molecule has 0 saturated carbocycles. The minimum absolute atomic E-state index is 0.0000463. The third-order valence-electron chi connectivity index (χ3n) is 2.94. The van der Waals surface area contributed by atoms with Gasteiger partial charge in [-0.1, -0.05) is 12.1 Å². The van der Waals surface area contributed by atoms with Crippen LogP contribution in [0, 0.1) is 0 Å². The largest absolute Gasteiger partial charge is 0.493 e. The van der Waals surface area contributed by atoms with E-state index in [2.05, 4.69) is 24.1 Å². The van der Waals surface area contributed by atoms with Gasteiger partial charge in [-0.2, -0.15) is 0 Å². The Morgan fingerprint density at radius 1 is 1.20 bits per heavy atom. The van der Waals surface area contributed by atoms with Crippen molar-refractivity contribution in [3.8, 4) is 11.5 Å². The summed E-state index contributed by atoms with van der Waals surface area (Å²) in [5, 5.41) is 6.54. The molecule has 0 aliphatic carbocycles. The van der Waals surface area contributed by atoms with Crippen molar-refractivity contribution in [1.82, 2.24) is 10.3 Å². The van der Waals surface area contributed by atoms with Crippen LogP contribution >= 0.6 is 11.3 Å². The van der Waals surface area contributed by atoms with Gasteiger partial charge in [-0.15, -0.1) is 11.3 Å². The summed E-state index contributed by atoms with van der Waals surface area (Å²) in [5.41, 5.74) is 1.04. The molecule has 1 N–H and O–H groups in total. The molecule has 1 unspecified atom stereocenters. The highest BCUT2D eigenvalue weighted by Crippen LogP contribution is 2.37. The Hall–Kier alpha value is -1.59. The Morgan fingerprint density at radius 2 is 2.00 bits per heavy atom. The molecule has 0 radical (unpaired) electrons. The third-order valence-corrected chi connectivity index (χ3v) is 3.78. The third kappa shape index (κ3) is 3.11. The summed E-state index contributed by atoms with van der Waals surface area (Å²) < 4.78 is 10.9. The molecule has 0 bridgehead atoms. The van der Waals surface area contributed by atoms with E-state index in [-0.39, 0.29) is 6.04 Å². The van der Waals surface area contributed by atoms with Crippen molar-refractivity contribution < 1.29 is 9.47 Å². The van der Waals surface area contributed by atoms with Crippen LogP contribution in [-0.2, 0) is 0 Å². The Morgan fingerprint density at radius 3 is 2.55 bits per heavy atom. The van der Waals surface area contributed by atoms with Crippen LogP contribution in [0.2, 0.25) is 0 Å². The van der Waals surface area contributed by atoms with Crippen molar-refractivity contribution in [2.45, 2.75) is 25.9 Å².